The lowest BCUT2D eigenvalue weighted by atomic mass is 10.2. The minimum atomic E-state index is 0.408. The van der Waals surface area contributed by atoms with E-state index >= 15 is 0 Å². The fourth-order valence-electron chi connectivity index (χ4n) is 1.92. The predicted molar refractivity (Wildman–Crippen MR) is 80.6 cm³/mol. The van der Waals surface area contributed by atoms with E-state index in [1.54, 1.807) is 12.4 Å². The summed E-state index contributed by atoms with van der Waals surface area (Å²) in [6.45, 7) is 3.14. The third kappa shape index (κ3) is 3.87. The van der Waals surface area contributed by atoms with Crippen LogP contribution in [-0.2, 0) is 12.3 Å². The number of pyridine rings is 1. The second kappa shape index (κ2) is 7.75. The van der Waals surface area contributed by atoms with Crippen LogP contribution in [0.5, 0.6) is 11.5 Å². The molecule has 0 aliphatic rings. The van der Waals surface area contributed by atoms with Crippen molar-refractivity contribution in [2.45, 2.75) is 19.2 Å². The van der Waals surface area contributed by atoms with Gasteiger partial charge in [0.2, 0.25) is 0 Å². The van der Waals surface area contributed by atoms with Crippen LogP contribution < -0.4 is 9.47 Å². The zero-order valence-electron chi connectivity index (χ0n) is 11.5. The van der Waals surface area contributed by atoms with Gasteiger partial charge in [0, 0.05) is 24.4 Å². The maximum atomic E-state index is 5.96. The van der Waals surface area contributed by atoms with Crippen molar-refractivity contribution < 1.29 is 9.47 Å². The molecule has 0 aliphatic carbocycles. The van der Waals surface area contributed by atoms with Crippen molar-refractivity contribution in [3.8, 4) is 11.5 Å². The van der Waals surface area contributed by atoms with E-state index in [1.807, 2.05) is 37.3 Å². The van der Waals surface area contributed by atoms with Crippen LogP contribution in [0, 0.1) is 0 Å². The van der Waals surface area contributed by atoms with Gasteiger partial charge in [0.15, 0.2) is 11.5 Å². The normalized spacial score (nSPS) is 10.3. The Kier molecular flexibility index (Phi) is 5.69. The Hall–Kier alpha value is -1.74. The van der Waals surface area contributed by atoms with Crippen molar-refractivity contribution in [2.24, 2.45) is 0 Å². The first-order chi connectivity index (χ1) is 9.85. The molecule has 0 saturated carbocycles. The minimum absolute atomic E-state index is 0.408. The van der Waals surface area contributed by atoms with Gasteiger partial charge < -0.3 is 9.47 Å². The number of ether oxygens (including phenoxy) is 2. The third-order valence-electron chi connectivity index (χ3n) is 2.89. The summed E-state index contributed by atoms with van der Waals surface area (Å²) in [5.41, 5.74) is 2.15. The summed E-state index contributed by atoms with van der Waals surface area (Å²) < 4.78 is 11.5. The fraction of sp³-hybridized carbons (Fsp3) is 0.312. The summed E-state index contributed by atoms with van der Waals surface area (Å²) in [4.78, 5) is 4.00. The van der Waals surface area contributed by atoms with E-state index in [2.05, 4.69) is 4.98 Å². The van der Waals surface area contributed by atoms with Crippen LogP contribution in [-0.4, -0.2) is 18.2 Å². The third-order valence-corrected chi connectivity index (χ3v) is 3.18. The second-order valence-electron chi connectivity index (χ2n) is 4.26. The lowest BCUT2D eigenvalue weighted by Gasteiger charge is -2.14. The fourth-order valence-corrected chi connectivity index (χ4v) is 2.13. The molecule has 1 aromatic carbocycles. The van der Waals surface area contributed by atoms with Gasteiger partial charge in [0.1, 0.15) is 0 Å². The lowest BCUT2D eigenvalue weighted by molar-refractivity contribution is 0.277. The Morgan fingerprint density at radius 2 is 1.90 bits per heavy atom. The first kappa shape index (κ1) is 14.7. The average Bonchev–Trinajstić information content (AvgIpc) is 2.50. The van der Waals surface area contributed by atoms with Crippen LogP contribution in [0.15, 0.2) is 42.7 Å². The molecular weight excluding hydrogens is 274 g/mol. The van der Waals surface area contributed by atoms with E-state index in [1.165, 1.54) is 5.56 Å². The molecule has 0 bridgehead atoms. The van der Waals surface area contributed by atoms with E-state index in [-0.39, 0.29) is 0 Å². The molecule has 1 heterocycles. The zero-order chi connectivity index (χ0) is 14.2. The van der Waals surface area contributed by atoms with Crippen LogP contribution in [0.4, 0.5) is 0 Å². The van der Waals surface area contributed by atoms with Gasteiger partial charge in [-0.05, 0) is 30.7 Å². The number of benzene rings is 1. The quantitative estimate of drug-likeness (QED) is 0.726. The molecule has 0 fully saturated rings. The van der Waals surface area contributed by atoms with Crippen LogP contribution in [0.3, 0.4) is 0 Å². The van der Waals surface area contributed by atoms with Gasteiger partial charge in [-0.3, -0.25) is 4.98 Å². The summed E-state index contributed by atoms with van der Waals surface area (Å²) in [7, 11) is 0. The van der Waals surface area contributed by atoms with Crippen molar-refractivity contribution >= 4 is 11.6 Å². The maximum absolute atomic E-state index is 5.96. The molecule has 2 aromatic rings. The molecule has 0 aliphatic heterocycles. The van der Waals surface area contributed by atoms with Gasteiger partial charge in [-0.15, -0.1) is 11.6 Å². The molecule has 20 heavy (non-hydrogen) atoms. The number of aromatic nitrogens is 1. The number of alkyl halides is 1. The first-order valence-electron chi connectivity index (χ1n) is 6.67. The van der Waals surface area contributed by atoms with Gasteiger partial charge in [-0.1, -0.05) is 12.1 Å². The molecule has 106 valence electrons. The molecule has 0 radical (unpaired) electrons. The molecule has 3 nitrogen and oxygen atoms in total. The van der Waals surface area contributed by atoms with Crippen LogP contribution in [0.2, 0.25) is 0 Å². The lowest BCUT2D eigenvalue weighted by Crippen LogP contribution is -2.05. The molecule has 4 heteroatoms. The van der Waals surface area contributed by atoms with Crippen LogP contribution in [0.25, 0.3) is 0 Å². The van der Waals surface area contributed by atoms with Crippen molar-refractivity contribution in [1.29, 1.82) is 0 Å². The number of hydrogen-bond acceptors (Lipinski definition) is 3. The molecule has 1 aromatic heterocycles. The van der Waals surface area contributed by atoms with E-state index in [0.29, 0.717) is 19.1 Å². The van der Waals surface area contributed by atoms with Crippen LogP contribution >= 0.6 is 11.6 Å². The van der Waals surface area contributed by atoms with Crippen molar-refractivity contribution in [1.82, 2.24) is 4.98 Å². The molecule has 0 spiro atoms. The first-order valence-corrected chi connectivity index (χ1v) is 7.21. The van der Waals surface area contributed by atoms with E-state index in [0.717, 1.165) is 23.5 Å². The Labute approximate surface area is 124 Å². The smallest absolute Gasteiger partial charge is 0.165 e. The Balaban J connectivity index is 2.04. The predicted octanol–water partition coefficient (Wildman–Crippen LogP) is 3.84. The number of para-hydroxylation sites is 1. The van der Waals surface area contributed by atoms with E-state index in [4.69, 9.17) is 21.1 Å². The highest BCUT2D eigenvalue weighted by molar-refractivity contribution is 6.17. The van der Waals surface area contributed by atoms with E-state index < -0.39 is 0 Å². The topological polar surface area (TPSA) is 31.4 Å². The standard InChI is InChI=1S/C16H18ClNO2/c1-2-19-15-5-3-4-14(12-17)16(15)20-11-8-13-6-9-18-10-7-13/h3-7,9-10H,2,8,11-12H2,1H3. The van der Waals surface area contributed by atoms with Gasteiger partial charge in [0.05, 0.1) is 19.1 Å². The molecule has 0 saturated heterocycles. The van der Waals surface area contributed by atoms with E-state index in [9.17, 15) is 0 Å². The number of nitrogens with zero attached hydrogens (tertiary/aromatic N) is 1. The second-order valence-corrected chi connectivity index (χ2v) is 4.53. The van der Waals surface area contributed by atoms with Crippen LogP contribution in [0.1, 0.15) is 18.1 Å². The molecule has 0 amide bonds. The molecule has 0 N–H and O–H groups in total. The number of halogens is 1. The summed E-state index contributed by atoms with van der Waals surface area (Å²) in [6, 6.07) is 9.76. The Morgan fingerprint density at radius 3 is 2.60 bits per heavy atom. The highest BCUT2D eigenvalue weighted by Crippen LogP contribution is 2.32. The zero-order valence-corrected chi connectivity index (χ0v) is 12.3. The SMILES string of the molecule is CCOc1cccc(CCl)c1OCCc1ccncc1. The molecule has 0 atom stereocenters. The largest absolute Gasteiger partial charge is 0.490 e. The maximum Gasteiger partial charge on any atom is 0.165 e. The highest BCUT2D eigenvalue weighted by Gasteiger charge is 2.10. The summed E-state index contributed by atoms with van der Waals surface area (Å²) in [6.07, 6.45) is 4.39. The van der Waals surface area contributed by atoms with Gasteiger partial charge in [-0.2, -0.15) is 0 Å². The van der Waals surface area contributed by atoms with Crippen molar-refractivity contribution in [3.63, 3.8) is 0 Å². The van der Waals surface area contributed by atoms with Crippen molar-refractivity contribution in [2.75, 3.05) is 13.2 Å². The molecule has 2 rings (SSSR count). The Bertz CT molecular complexity index is 531. The summed E-state index contributed by atoms with van der Waals surface area (Å²) >= 11 is 5.96. The number of hydrogen-bond donors (Lipinski definition) is 0. The monoisotopic (exact) mass is 291 g/mol. The number of rotatable bonds is 7. The molecule has 0 unspecified atom stereocenters. The molecular formula is C16H18ClNO2. The highest BCUT2D eigenvalue weighted by atomic mass is 35.5. The summed E-state index contributed by atoms with van der Waals surface area (Å²) in [5, 5.41) is 0. The van der Waals surface area contributed by atoms with Crippen molar-refractivity contribution in [3.05, 3.63) is 53.9 Å². The average molecular weight is 292 g/mol. The van der Waals surface area contributed by atoms with Gasteiger partial charge in [0.25, 0.3) is 0 Å². The Morgan fingerprint density at radius 1 is 1.10 bits per heavy atom. The summed E-state index contributed by atoms with van der Waals surface area (Å²) in [5.74, 6) is 1.91. The minimum Gasteiger partial charge on any atom is -0.490 e. The van der Waals surface area contributed by atoms with Gasteiger partial charge >= 0.3 is 0 Å². The van der Waals surface area contributed by atoms with Gasteiger partial charge in [-0.25, -0.2) is 0 Å².